The Balaban J connectivity index is 2.14. The van der Waals surface area contributed by atoms with Gasteiger partial charge in [0.1, 0.15) is 11.7 Å². The molecule has 2 rings (SSSR count). The number of rotatable bonds is 4. The van der Waals surface area contributed by atoms with Crippen LogP contribution >= 0.6 is 0 Å². The number of pyridine rings is 1. The minimum Gasteiger partial charge on any atom is -0.384 e. The molecule has 0 saturated carbocycles. The summed E-state index contributed by atoms with van der Waals surface area (Å²) in [5.74, 6) is 0.820. The molecule has 1 aromatic heterocycles. The summed E-state index contributed by atoms with van der Waals surface area (Å²) in [4.78, 5) is 6.55. The minimum atomic E-state index is 0.0545. The number of nitrogens with two attached hydrogens (primary N) is 1. The first-order valence-electron chi connectivity index (χ1n) is 6.72. The lowest BCUT2D eigenvalue weighted by atomic mass is 10.1. The van der Waals surface area contributed by atoms with Gasteiger partial charge in [-0.25, -0.2) is 4.98 Å². The molecule has 104 valence electrons. The van der Waals surface area contributed by atoms with Crippen LogP contribution in [-0.4, -0.2) is 37.1 Å². The van der Waals surface area contributed by atoms with E-state index in [2.05, 4.69) is 4.98 Å². The Morgan fingerprint density at radius 2 is 2.32 bits per heavy atom. The van der Waals surface area contributed by atoms with E-state index in [-0.39, 0.29) is 11.9 Å². The van der Waals surface area contributed by atoms with Gasteiger partial charge in [-0.15, -0.1) is 0 Å². The van der Waals surface area contributed by atoms with Crippen LogP contribution in [0.2, 0.25) is 0 Å². The number of hydrogen-bond donors (Lipinski definition) is 2. The average Bonchev–Trinajstić information content (AvgIpc) is 2.39. The van der Waals surface area contributed by atoms with E-state index in [1.54, 1.807) is 0 Å². The topological polar surface area (TPSA) is 75.2 Å². The Morgan fingerprint density at radius 1 is 1.53 bits per heavy atom. The molecular formula is C14H22N4O. The van der Waals surface area contributed by atoms with Gasteiger partial charge in [0.15, 0.2) is 0 Å². The Labute approximate surface area is 114 Å². The SMILES string of the molecule is Cc1ccc(C(=N)N)c(N(C)CC2CCCCO2)n1. The summed E-state index contributed by atoms with van der Waals surface area (Å²) < 4.78 is 5.75. The van der Waals surface area contributed by atoms with Crippen LogP contribution in [-0.2, 0) is 4.74 Å². The van der Waals surface area contributed by atoms with Gasteiger partial charge in [-0.3, -0.25) is 5.41 Å². The lowest BCUT2D eigenvalue weighted by Crippen LogP contribution is -2.35. The molecule has 1 atom stereocenters. The first-order valence-corrected chi connectivity index (χ1v) is 6.72. The molecular weight excluding hydrogens is 240 g/mol. The summed E-state index contributed by atoms with van der Waals surface area (Å²) in [5, 5.41) is 7.64. The molecule has 1 unspecified atom stereocenters. The predicted octanol–water partition coefficient (Wildman–Crippen LogP) is 1.68. The molecule has 1 aliphatic rings. The predicted molar refractivity (Wildman–Crippen MR) is 76.9 cm³/mol. The Bertz CT molecular complexity index is 455. The standard InChI is InChI=1S/C14H22N4O/c1-10-6-7-12(13(15)16)14(17-10)18(2)9-11-5-3-4-8-19-11/h6-7,11H,3-5,8-9H2,1-2H3,(H3,15,16). The molecule has 0 bridgehead atoms. The first-order chi connectivity index (χ1) is 9.08. The fourth-order valence-electron chi connectivity index (χ4n) is 2.39. The molecule has 0 aliphatic carbocycles. The van der Waals surface area contributed by atoms with E-state index < -0.39 is 0 Å². The highest BCUT2D eigenvalue weighted by Gasteiger charge is 2.19. The Kier molecular flexibility index (Phi) is 4.37. The monoisotopic (exact) mass is 262 g/mol. The van der Waals surface area contributed by atoms with Gasteiger partial charge >= 0.3 is 0 Å². The first kappa shape index (κ1) is 13.8. The second kappa shape index (κ2) is 6.02. The summed E-state index contributed by atoms with van der Waals surface area (Å²) in [6, 6.07) is 3.74. The van der Waals surface area contributed by atoms with E-state index in [1.165, 1.54) is 6.42 Å². The Morgan fingerprint density at radius 3 is 2.95 bits per heavy atom. The number of nitrogen functional groups attached to an aromatic ring is 1. The zero-order chi connectivity index (χ0) is 13.8. The van der Waals surface area contributed by atoms with Crippen LogP contribution in [0.25, 0.3) is 0 Å². The molecule has 5 nitrogen and oxygen atoms in total. The van der Waals surface area contributed by atoms with Gasteiger partial charge in [-0.1, -0.05) is 0 Å². The zero-order valence-corrected chi connectivity index (χ0v) is 11.6. The smallest absolute Gasteiger partial charge is 0.139 e. The maximum absolute atomic E-state index is 7.64. The maximum Gasteiger partial charge on any atom is 0.139 e. The second-order valence-electron chi connectivity index (χ2n) is 5.11. The van der Waals surface area contributed by atoms with Crippen LogP contribution in [0.4, 0.5) is 5.82 Å². The molecule has 3 N–H and O–H groups in total. The normalized spacial score (nSPS) is 19.2. The van der Waals surface area contributed by atoms with Gasteiger partial charge in [0.25, 0.3) is 0 Å². The molecule has 1 aromatic rings. The van der Waals surface area contributed by atoms with Crippen molar-refractivity contribution in [3.63, 3.8) is 0 Å². The molecule has 0 radical (unpaired) electrons. The number of amidine groups is 1. The van der Waals surface area contributed by atoms with Gasteiger partial charge in [0.2, 0.25) is 0 Å². The van der Waals surface area contributed by atoms with Gasteiger partial charge in [-0.05, 0) is 38.3 Å². The van der Waals surface area contributed by atoms with Crippen LogP contribution in [0.1, 0.15) is 30.5 Å². The van der Waals surface area contributed by atoms with E-state index in [9.17, 15) is 0 Å². The quantitative estimate of drug-likeness (QED) is 0.639. The largest absolute Gasteiger partial charge is 0.384 e. The molecule has 19 heavy (non-hydrogen) atoms. The fraction of sp³-hybridized carbons (Fsp3) is 0.571. The molecule has 0 aromatic carbocycles. The van der Waals surface area contributed by atoms with Gasteiger partial charge in [0, 0.05) is 25.9 Å². The number of ether oxygens (including phenoxy) is 1. The number of likely N-dealkylation sites (N-methyl/N-ethyl adjacent to an activating group) is 1. The van der Waals surface area contributed by atoms with Crippen molar-refractivity contribution in [2.75, 3.05) is 25.1 Å². The third kappa shape index (κ3) is 3.44. The van der Waals surface area contributed by atoms with Crippen molar-refractivity contribution in [2.45, 2.75) is 32.3 Å². The molecule has 1 aliphatic heterocycles. The fourth-order valence-corrected chi connectivity index (χ4v) is 2.39. The van der Waals surface area contributed by atoms with Crippen molar-refractivity contribution in [1.82, 2.24) is 4.98 Å². The third-order valence-electron chi connectivity index (χ3n) is 3.42. The van der Waals surface area contributed by atoms with E-state index in [0.717, 1.165) is 37.5 Å². The third-order valence-corrected chi connectivity index (χ3v) is 3.42. The number of nitrogens with zero attached hydrogens (tertiary/aromatic N) is 2. The van der Waals surface area contributed by atoms with Crippen LogP contribution in [0.15, 0.2) is 12.1 Å². The van der Waals surface area contributed by atoms with Crippen LogP contribution in [0, 0.1) is 12.3 Å². The van der Waals surface area contributed by atoms with Gasteiger partial charge < -0.3 is 15.4 Å². The highest BCUT2D eigenvalue weighted by Crippen LogP contribution is 2.20. The number of hydrogen-bond acceptors (Lipinski definition) is 4. The lowest BCUT2D eigenvalue weighted by Gasteiger charge is -2.29. The van der Waals surface area contributed by atoms with E-state index in [0.29, 0.717) is 5.56 Å². The van der Waals surface area contributed by atoms with E-state index in [4.69, 9.17) is 15.9 Å². The molecule has 1 saturated heterocycles. The highest BCUT2D eigenvalue weighted by atomic mass is 16.5. The molecule has 5 heteroatoms. The second-order valence-corrected chi connectivity index (χ2v) is 5.11. The Hall–Kier alpha value is -1.62. The summed E-state index contributed by atoms with van der Waals surface area (Å²) in [6.07, 6.45) is 3.72. The molecule has 0 amide bonds. The van der Waals surface area contributed by atoms with Gasteiger partial charge in [0.05, 0.1) is 11.7 Å². The molecule has 2 heterocycles. The number of aromatic nitrogens is 1. The van der Waals surface area contributed by atoms with Crippen molar-refractivity contribution in [3.05, 3.63) is 23.4 Å². The van der Waals surface area contributed by atoms with Crippen molar-refractivity contribution in [3.8, 4) is 0 Å². The number of aryl methyl sites for hydroxylation is 1. The van der Waals surface area contributed by atoms with Gasteiger partial charge in [-0.2, -0.15) is 0 Å². The molecule has 0 spiro atoms. The summed E-state index contributed by atoms with van der Waals surface area (Å²) in [6.45, 7) is 3.58. The van der Waals surface area contributed by atoms with E-state index >= 15 is 0 Å². The maximum atomic E-state index is 7.64. The number of nitrogens with one attached hydrogen (secondary N) is 1. The van der Waals surface area contributed by atoms with Crippen LogP contribution in [0.5, 0.6) is 0 Å². The summed E-state index contributed by atoms with van der Waals surface area (Å²) in [5.41, 5.74) is 7.23. The molecule has 1 fully saturated rings. The lowest BCUT2D eigenvalue weighted by molar-refractivity contribution is 0.0215. The highest BCUT2D eigenvalue weighted by molar-refractivity contribution is 5.99. The van der Waals surface area contributed by atoms with Crippen molar-refractivity contribution in [2.24, 2.45) is 5.73 Å². The van der Waals surface area contributed by atoms with E-state index in [1.807, 2.05) is 31.0 Å². The summed E-state index contributed by atoms with van der Waals surface area (Å²) in [7, 11) is 1.98. The zero-order valence-electron chi connectivity index (χ0n) is 11.6. The summed E-state index contributed by atoms with van der Waals surface area (Å²) >= 11 is 0. The average molecular weight is 262 g/mol. The number of anilines is 1. The van der Waals surface area contributed by atoms with Crippen molar-refractivity contribution in [1.29, 1.82) is 5.41 Å². The van der Waals surface area contributed by atoms with Crippen molar-refractivity contribution < 1.29 is 4.74 Å². The van der Waals surface area contributed by atoms with Crippen LogP contribution in [0.3, 0.4) is 0 Å². The van der Waals surface area contributed by atoms with Crippen LogP contribution < -0.4 is 10.6 Å². The minimum absolute atomic E-state index is 0.0545. The van der Waals surface area contributed by atoms with Crippen molar-refractivity contribution >= 4 is 11.7 Å².